The molecule has 92 valence electrons. The first-order valence-corrected chi connectivity index (χ1v) is 6.08. The first-order valence-electron chi connectivity index (χ1n) is 5.71. The molecule has 2 aromatic rings. The number of hydrogen-bond donors (Lipinski definition) is 1. The Labute approximate surface area is 106 Å². The van der Waals surface area contributed by atoms with E-state index in [0.717, 1.165) is 29.6 Å². The maximum absolute atomic E-state index is 6.16. The number of aryl methyl sites for hydroxylation is 2. The van der Waals surface area contributed by atoms with Crippen molar-refractivity contribution in [2.75, 3.05) is 13.7 Å². The van der Waals surface area contributed by atoms with Gasteiger partial charge in [-0.05, 0) is 38.1 Å². The van der Waals surface area contributed by atoms with E-state index in [4.69, 9.17) is 22.1 Å². The second-order valence-corrected chi connectivity index (χ2v) is 4.53. The van der Waals surface area contributed by atoms with Gasteiger partial charge < -0.3 is 15.0 Å². The molecule has 1 aromatic carbocycles. The van der Waals surface area contributed by atoms with Crippen molar-refractivity contribution >= 4 is 22.5 Å². The van der Waals surface area contributed by atoms with Crippen molar-refractivity contribution in [1.29, 1.82) is 0 Å². The summed E-state index contributed by atoms with van der Waals surface area (Å²) in [6, 6.07) is 6.08. The largest absolute Gasteiger partial charge is 0.495 e. The SMILES string of the molecule is COc1cc2cc(C)n(CCCN)c2cc1Cl. The quantitative estimate of drug-likeness (QED) is 0.909. The third-order valence-electron chi connectivity index (χ3n) is 2.97. The van der Waals surface area contributed by atoms with Crippen molar-refractivity contribution in [3.63, 3.8) is 0 Å². The normalized spacial score (nSPS) is 11.1. The van der Waals surface area contributed by atoms with Crippen LogP contribution in [0.25, 0.3) is 10.9 Å². The zero-order valence-corrected chi connectivity index (χ0v) is 10.9. The van der Waals surface area contributed by atoms with Gasteiger partial charge in [-0.15, -0.1) is 0 Å². The molecule has 2 rings (SSSR count). The molecule has 0 saturated heterocycles. The lowest BCUT2D eigenvalue weighted by Gasteiger charge is -2.08. The third-order valence-corrected chi connectivity index (χ3v) is 3.26. The first-order chi connectivity index (χ1) is 8.17. The molecule has 0 saturated carbocycles. The summed E-state index contributed by atoms with van der Waals surface area (Å²) in [7, 11) is 1.63. The Hall–Kier alpha value is -1.19. The Morgan fingerprint density at radius 3 is 2.76 bits per heavy atom. The highest BCUT2D eigenvalue weighted by molar-refractivity contribution is 6.32. The highest BCUT2D eigenvalue weighted by Gasteiger charge is 2.09. The predicted octanol–water partition coefficient (Wildman–Crippen LogP) is 2.96. The maximum Gasteiger partial charge on any atom is 0.138 e. The summed E-state index contributed by atoms with van der Waals surface area (Å²) in [4.78, 5) is 0. The van der Waals surface area contributed by atoms with Crippen molar-refractivity contribution in [3.8, 4) is 5.75 Å². The van der Waals surface area contributed by atoms with E-state index >= 15 is 0 Å². The molecule has 0 amide bonds. The second-order valence-electron chi connectivity index (χ2n) is 4.13. The van der Waals surface area contributed by atoms with E-state index in [1.807, 2.05) is 12.1 Å². The van der Waals surface area contributed by atoms with Gasteiger partial charge in [-0.2, -0.15) is 0 Å². The van der Waals surface area contributed by atoms with Gasteiger partial charge in [0.15, 0.2) is 0 Å². The molecule has 0 radical (unpaired) electrons. The predicted molar refractivity (Wildman–Crippen MR) is 71.9 cm³/mol. The van der Waals surface area contributed by atoms with E-state index in [0.29, 0.717) is 11.6 Å². The Morgan fingerprint density at radius 1 is 1.35 bits per heavy atom. The van der Waals surface area contributed by atoms with Crippen molar-refractivity contribution < 1.29 is 4.74 Å². The zero-order valence-electron chi connectivity index (χ0n) is 10.2. The molecule has 0 aliphatic rings. The smallest absolute Gasteiger partial charge is 0.138 e. The molecule has 0 bridgehead atoms. The summed E-state index contributed by atoms with van der Waals surface area (Å²) in [5.74, 6) is 0.718. The number of benzene rings is 1. The van der Waals surface area contributed by atoms with Crippen molar-refractivity contribution in [1.82, 2.24) is 4.57 Å². The fourth-order valence-corrected chi connectivity index (χ4v) is 2.34. The van der Waals surface area contributed by atoms with Gasteiger partial charge in [0.1, 0.15) is 5.75 Å². The monoisotopic (exact) mass is 252 g/mol. The lowest BCUT2D eigenvalue weighted by molar-refractivity contribution is 0.415. The van der Waals surface area contributed by atoms with Crippen LogP contribution in [0.1, 0.15) is 12.1 Å². The number of hydrogen-bond acceptors (Lipinski definition) is 2. The van der Waals surface area contributed by atoms with Crippen molar-refractivity contribution in [2.24, 2.45) is 5.73 Å². The average molecular weight is 253 g/mol. The van der Waals surface area contributed by atoms with E-state index in [2.05, 4.69) is 17.6 Å². The molecule has 0 spiro atoms. The number of rotatable bonds is 4. The summed E-state index contributed by atoms with van der Waals surface area (Å²) >= 11 is 6.16. The molecule has 1 aromatic heterocycles. The molecular formula is C13H17ClN2O. The summed E-state index contributed by atoms with van der Waals surface area (Å²) in [6.45, 7) is 3.72. The molecule has 1 heterocycles. The molecule has 0 atom stereocenters. The Kier molecular flexibility index (Phi) is 3.60. The summed E-state index contributed by atoms with van der Waals surface area (Å²) < 4.78 is 7.47. The van der Waals surface area contributed by atoms with Gasteiger partial charge in [-0.1, -0.05) is 11.6 Å². The fourth-order valence-electron chi connectivity index (χ4n) is 2.10. The van der Waals surface area contributed by atoms with E-state index < -0.39 is 0 Å². The molecule has 4 heteroatoms. The Morgan fingerprint density at radius 2 is 2.12 bits per heavy atom. The van der Waals surface area contributed by atoms with Crippen LogP contribution in [-0.4, -0.2) is 18.2 Å². The van der Waals surface area contributed by atoms with Gasteiger partial charge in [0.2, 0.25) is 0 Å². The fraction of sp³-hybridized carbons (Fsp3) is 0.385. The van der Waals surface area contributed by atoms with Crippen LogP contribution in [0.4, 0.5) is 0 Å². The maximum atomic E-state index is 6.16. The topological polar surface area (TPSA) is 40.2 Å². The molecule has 17 heavy (non-hydrogen) atoms. The number of halogens is 1. The van der Waals surface area contributed by atoms with Crippen molar-refractivity contribution in [3.05, 3.63) is 28.9 Å². The molecule has 0 fully saturated rings. The molecular weight excluding hydrogens is 236 g/mol. The van der Waals surface area contributed by atoms with Crippen LogP contribution in [0, 0.1) is 6.92 Å². The first kappa shape index (κ1) is 12.3. The van der Waals surface area contributed by atoms with Crippen LogP contribution in [0.5, 0.6) is 5.75 Å². The van der Waals surface area contributed by atoms with Crippen LogP contribution in [0.2, 0.25) is 5.02 Å². The van der Waals surface area contributed by atoms with E-state index in [1.54, 1.807) is 7.11 Å². The molecule has 3 nitrogen and oxygen atoms in total. The van der Waals surface area contributed by atoms with Gasteiger partial charge in [0.25, 0.3) is 0 Å². The van der Waals surface area contributed by atoms with E-state index in [9.17, 15) is 0 Å². The zero-order chi connectivity index (χ0) is 12.4. The standard InChI is InChI=1S/C13H17ClN2O/c1-9-6-10-7-13(17-2)11(14)8-12(10)16(9)5-3-4-15/h6-8H,3-5,15H2,1-2H3. The number of nitrogens with zero attached hydrogens (tertiary/aromatic N) is 1. The average Bonchev–Trinajstić information content (AvgIpc) is 2.61. The highest BCUT2D eigenvalue weighted by Crippen LogP contribution is 2.31. The van der Waals surface area contributed by atoms with Crippen LogP contribution in [-0.2, 0) is 6.54 Å². The number of aromatic nitrogens is 1. The summed E-state index contributed by atoms with van der Waals surface area (Å²) in [5.41, 5.74) is 7.92. The van der Waals surface area contributed by atoms with Gasteiger partial charge in [0.05, 0.1) is 12.1 Å². The Bertz CT molecular complexity index is 534. The van der Waals surface area contributed by atoms with E-state index in [-0.39, 0.29) is 0 Å². The van der Waals surface area contributed by atoms with Crippen LogP contribution in [0.3, 0.4) is 0 Å². The number of nitrogens with two attached hydrogens (primary N) is 1. The van der Waals surface area contributed by atoms with Gasteiger partial charge >= 0.3 is 0 Å². The minimum atomic E-state index is 0.645. The van der Waals surface area contributed by atoms with E-state index in [1.165, 1.54) is 5.69 Å². The molecule has 0 aliphatic heterocycles. The number of ether oxygens (including phenoxy) is 1. The molecule has 0 aliphatic carbocycles. The lowest BCUT2D eigenvalue weighted by atomic mass is 10.2. The Balaban J connectivity index is 2.53. The highest BCUT2D eigenvalue weighted by atomic mass is 35.5. The van der Waals surface area contributed by atoms with Crippen LogP contribution in [0.15, 0.2) is 18.2 Å². The van der Waals surface area contributed by atoms with Crippen molar-refractivity contribution in [2.45, 2.75) is 19.9 Å². The molecule has 0 unspecified atom stereocenters. The third kappa shape index (κ3) is 2.26. The number of methoxy groups -OCH3 is 1. The van der Waals surface area contributed by atoms with Gasteiger partial charge in [-0.25, -0.2) is 0 Å². The second kappa shape index (κ2) is 4.98. The summed E-state index contributed by atoms with van der Waals surface area (Å²) in [6.07, 6.45) is 0.967. The molecule has 2 N–H and O–H groups in total. The number of fused-ring (bicyclic) bond motifs is 1. The van der Waals surface area contributed by atoms with Crippen LogP contribution < -0.4 is 10.5 Å². The minimum absolute atomic E-state index is 0.645. The van der Waals surface area contributed by atoms with Crippen LogP contribution >= 0.6 is 11.6 Å². The lowest BCUT2D eigenvalue weighted by Crippen LogP contribution is -2.06. The van der Waals surface area contributed by atoms with Gasteiger partial charge in [0, 0.05) is 23.1 Å². The minimum Gasteiger partial charge on any atom is -0.495 e. The summed E-state index contributed by atoms with van der Waals surface area (Å²) in [5, 5.41) is 1.80. The van der Waals surface area contributed by atoms with Gasteiger partial charge in [-0.3, -0.25) is 0 Å².